The van der Waals surface area contributed by atoms with Gasteiger partial charge in [-0.1, -0.05) is 12.1 Å². The van der Waals surface area contributed by atoms with E-state index in [4.69, 9.17) is 0 Å². The van der Waals surface area contributed by atoms with E-state index in [1.54, 1.807) is 12.1 Å². The van der Waals surface area contributed by atoms with Gasteiger partial charge < -0.3 is 5.32 Å². The third-order valence-corrected chi connectivity index (χ3v) is 2.79. The Labute approximate surface area is 114 Å². The molecular weight excluding hydrogens is 267 g/mol. The summed E-state index contributed by atoms with van der Waals surface area (Å²) in [4.78, 5) is 11.7. The zero-order chi connectivity index (χ0) is 14.5. The van der Waals surface area contributed by atoms with E-state index in [0.717, 1.165) is 23.8 Å². The molecule has 0 radical (unpaired) electrons. The first-order chi connectivity index (χ1) is 9.56. The molecule has 0 atom stereocenters. The molecule has 20 heavy (non-hydrogen) atoms. The highest BCUT2D eigenvalue weighted by atomic mass is 19.1. The van der Waals surface area contributed by atoms with Crippen LogP contribution < -0.4 is 5.32 Å². The highest BCUT2D eigenvalue weighted by Crippen LogP contribution is 2.09. The number of halogens is 3. The van der Waals surface area contributed by atoms with Crippen LogP contribution in [0.25, 0.3) is 0 Å². The molecule has 0 saturated carbocycles. The molecule has 2 aromatic rings. The van der Waals surface area contributed by atoms with Crippen LogP contribution in [0.5, 0.6) is 0 Å². The molecule has 0 bridgehead atoms. The Balaban J connectivity index is 1.92. The van der Waals surface area contributed by atoms with Crippen LogP contribution in [0, 0.1) is 17.5 Å². The third kappa shape index (κ3) is 3.60. The molecule has 0 fully saturated rings. The van der Waals surface area contributed by atoms with Gasteiger partial charge in [-0.2, -0.15) is 0 Å². The van der Waals surface area contributed by atoms with Crippen LogP contribution in [-0.2, 0) is 6.42 Å². The predicted molar refractivity (Wildman–Crippen MR) is 68.8 cm³/mol. The second-order valence-corrected chi connectivity index (χ2v) is 4.26. The van der Waals surface area contributed by atoms with Crippen molar-refractivity contribution in [2.75, 3.05) is 6.54 Å². The van der Waals surface area contributed by atoms with Gasteiger partial charge in [0.25, 0.3) is 5.91 Å². The number of amides is 1. The van der Waals surface area contributed by atoms with Gasteiger partial charge in [0.05, 0.1) is 5.56 Å². The largest absolute Gasteiger partial charge is 0.352 e. The molecular formula is C15H12F3NO. The number of benzene rings is 2. The molecule has 0 saturated heterocycles. The zero-order valence-corrected chi connectivity index (χ0v) is 10.5. The molecule has 104 valence electrons. The number of rotatable bonds is 4. The molecule has 2 aromatic carbocycles. The van der Waals surface area contributed by atoms with Crippen LogP contribution in [0.1, 0.15) is 15.9 Å². The average Bonchev–Trinajstić information content (AvgIpc) is 2.43. The Bertz CT molecular complexity index is 611. The van der Waals surface area contributed by atoms with Gasteiger partial charge in [0.1, 0.15) is 17.5 Å². The molecule has 0 unspecified atom stereocenters. The van der Waals surface area contributed by atoms with Gasteiger partial charge in [-0.3, -0.25) is 4.79 Å². The summed E-state index contributed by atoms with van der Waals surface area (Å²) in [5.41, 5.74) is 0.510. The molecule has 2 nitrogen and oxygen atoms in total. The second kappa shape index (κ2) is 6.23. The van der Waals surface area contributed by atoms with E-state index in [2.05, 4.69) is 5.32 Å². The lowest BCUT2D eigenvalue weighted by molar-refractivity contribution is 0.0949. The standard InChI is InChI=1S/C15H12F3NO/c16-11-3-1-10(2-4-11)7-8-19-15(20)13-9-12(17)5-6-14(13)18/h1-6,9H,7-8H2,(H,19,20). The molecule has 2 rings (SSSR count). The number of carbonyl (C=O) groups excluding carboxylic acids is 1. The quantitative estimate of drug-likeness (QED) is 0.915. The Morgan fingerprint density at radius 2 is 1.60 bits per heavy atom. The summed E-state index contributed by atoms with van der Waals surface area (Å²) in [5.74, 6) is -2.45. The second-order valence-electron chi connectivity index (χ2n) is 4.26. The van der Waals surface area contributed by atoms with Crippen molar-refractivity contribution in [1.82, 2.24) is 5.32 Å². The maximum Gasteiger partial charge on any atom is 0.254 e. The minimum absolute atomic E-state index is 0.250. The van der Waals surface area contributed by atoms with E-state index in [9.17, 15) is 18.0 Å². The van der Waals surface area contributed by atoms with Gasteiger partial charge in [-0.05, 0) is 42.3 Å². The van der Waals surface area contributed by atoms with E-state index < -0.39 is 17.5 Å². The molecule has 1 N–H and O–H groups in total. The van der Waals surface area contributed by atoms with Gasteiger partial charge in [0, 0.05) is 6.54 Å². The summed E-state index contributed by atoms with van der Waals surface area (Å²) < 4.78 is 39.0. The van der Waals surface area contributed by atoms with Crippen LogP contribution in [0.15, 0.2) is 42.5 Å². The van der Waals surface area contributed by atoms with Crippen LogP contribution in [0.4, 0.5) is 13.2 Å². The first-order valence-corrected chi connectivity index (χ1v) is 6.04. The molecule has 0 spiro atoms. The first-order valence-electron chi connectivity index (χ1n) is 6.04. The zero-order valence-electron chi connectivity index (χ0n) is 10.5. The van der Waals surface area contributed by atoms with E-state index >= 15 is 0 Å². The summed E-state index contributed by atoms with van der Waals surface area (Å²) in [6.45, 7) is 0.250. The van der Waals surface area contributed by atoms with Crippen molar-refractivity contribution >= 4 is 5.91 Å². The topological polar surface area (TPSA) is 29.1 Å². The van der Waals surface area contributed by atoms with Crippen molar-refractivity contribution < 1.29 is 18.0 Å². The van der Waals surface area contributed by atoms with Gasteiger partial charge >= 0.3 is 0 Å². The summed E-state index contributed by atoms with van der Waals surface area (Å²) in [6.07, 6.45) is 0.475. The molecule has 0 aromatic heterocycles. The molecule has 0 aliphatic rings. The lowest BCUT2D eigenvalue weighted by Crippen LogP contribution is -2.26. The lowest BCUT2D eigenvalue weighted by atomic mass is 10.1. The Kier molecular flexibility index (Phi) is 4.40. The summed E-state index contributed by atoms with van der Waals surface area (Å²) in [6, 6.07) is 8.55. The van der Waals surface area contributed by atoms with E-state index in [1.807, 2.05) is 0 Å². The SMILES string of the molecule is O=C(NCCc1ccc(F)cc1)c1cc(F)ccc1F. The van der Waals surface area contributed by atoms with Crippen molar-refractivity contribution in [3.05, 3.63) is 71.0 Å². The van der Waals surface area contributed by atoms with Crippen molar-refractivity contribution in [1.29, 1.82) is 0 Å². The maximum atomic E-state index is 13.3. The fourth-order valence-corrected chi connectivity index (χ4v) is 1.74. The highest BCUT2D eigenvalue weighted by molar-refractivity contribution is 5.94. The number of carbonyl (C=O) groups is 1. The fraction of sp³-hybridized carbons (Fsp3) is 0.133. The third-order valence-electron chi connectivity index (χ3n) is 2.79. The Hall–Kier alpha value is -2.30. The maximum absolute atomic E-state index is 13.3. The highest BCUT2D eigenvalue weighted by Gasteiger charge is 2.12. The minimum atomic E-state index is -0.773. The predicted octanol–water partition coefficient (Wildman–Crippen LogP) is 3.08. The monoisotopic (exact) mass is 279 g/mol. The van der Waals surface area contributed by atoms with Gasteiger partial charge in [0.15, 0.2) is 0 Å². The Morgan fingerprint density at radius 3 is 2.30 bits per heavy atom. The molecule has 0 aliphatic heterocycles. The van der Waals surface area contributed by atoms with E-state index in [1.165, 1.54) is 12.1 Å². The number of nitrogens with one attached hydrogen (secondary N) is 1. The Morgan fingerprint density at radius 1 is 0.950 bits per heavy atom. The minimum Gasteiger partial charge on any atom is -0.352 e. The van der Waals surface area contributed by atoms with Crippen LogP contribution in [-0.4, -0.2) is 12.5 Å². The van der Waals surface area contributed by atoms with Gasteiger partial charge in [-0.25, -0.2) is 13.2 Å². The molecule has 5 heteroatoms. The normalized spacial score (nSPS) is 10.3. The summed E-state index contributed by atoms with van der Waals surface area (Å²) in [5, 5.41) is 2.49. The first kappa shape index (κ1) is 14.1. The van der Waals surface area contributed by atoms with E-state index in [0.29, 0.717) is 6.42 Å². The number of hydrogen-bond donors (Lipinski definition) is 1. The summed E-state index contributed by atoms with van der Waals surface area (Å²) in [7, 11) is 0. The lowest BCUT2D eigenvalue weighted by Gasteiger charge is -2.06. The van der Waals surface area contributed by atoms with Crippen LogP contribution >= 0.6 is 0 Å². The van der Waals surface area contributed by atoms with Gasteiger partial charge in [-0.15, -0.1) is 0 Å². The number of hydrogen-bond acceptors (Lipinski definition) is 1. The van der Waals surface area contributed by atoms with Gasteiger partial charge in [0.2, 0.25) is 0 Å². The fourth-order valence-electron chi connectivity index (χ4n) is 1.74. The molecule has 0 aliphatic carbocycles. The summed E-state index contributed by atoms with van der Waals surface area (Å²) >= 11 is 0. The van der Waals surface area contributed by atoms with Crippen LogP contribution in [0.2, 0.25) is 0 Å². The van der Waals surface area contributed by atoms with Crippen molar-refractivity contribution in [2.24, 2.45) is 0 Å². The van der Waals surface area contributed by atoms with Crippen molar-refractivity contribution in [2.45, 2.75) is 6.42 Å². The van der Waals surface area contributed by atoms with E-state index in [-0.39, 0.29) is 17.9 Å². The molecule has 1 amide bonds. The molecule has 0 heterocycles. The van der Waals surface area contributed by atoms with Crippen molar-refractivity contribution in [3.8, 4) is 0 Å². The van der Waals surface area contributed by atoms with Crippen LogP contribution in [0.3, 0.4) is 0 Å². The van der Waals surface area contributed by atoms with Crippen molar-refractivity contribution in [3.63, 3.8) is 0 Å². The smallest absolute Gasteiger partial charge is 0.254 e. The average molecular weight is 279 g/mol.